The fourth-order valence-corrected chi connectivity index (χ4v) is 2.81. The van der Waals surface area contributed by atoms with Crippen molar-refractivity contribution in [3.05, 3.63) is 33.5 Å². The number of nitrogens with one attached hydrogen (secondary N) is 1. The Morgan fingerprint density at radius 3 is 2.87 bits per heavy atom. The van der Waals surface area contributed by atoms with Gasteiger partial charge in [-0.25, -0.2) is 9.36 Å². The van der Waals surface area contributed by atoms with E-state index in [1.807, 2.05) is 0 Å². The fourth-order valence-electron chi connectivity index (χ4n) is 2.81. The molecule has 0 aromatic carbocycles. The molecular formula is C13H17N5O5. The van der Waals surface area contributed by atoms with E-state index in [9.17, 15) is 19.8 Å². The number of ether oxygens (including phenoxy) is 1. The van der Waals surface area contributed by atoms with Gasteiger partial charge in [0.25, 0.3) is 5.56 Å². The lowest BCUT2D eigenvalue weighted by Crippen LogP contribution is -2.32. The third-order valence-corrected chi connectivity index (χ3v) is 3.77. The Bertz CT molecular complexity index is 866. The van der Waals surface area contributed by atoms with Crippen molar-refractivity contribution in [2.24, 2.45) is 0 Å². The molecule has 5 N–H and O–H groups in total. The van der Waals surface area contributed by atoms with Crippen LogP contribution in [0.2, 0.25) is 0 Å². The first kappa shape index (κ1) is 15.5. The van der Waals surface area contributed by atoms with Gasteiger partial charge < -0.3 is 20.7 Å². The number of aliphatic hydroxyl groups is 2. The summed E-state index contributed by atoms with van der Waals surface area (Å²) in [5, 5.41) is 19.3. The van der Waals surface area contributed by atoms with Crippen molar-refractivity contribution in [2.45, 2.75) is 31.4 Å². The van der Waals surface area contributed by atoms with Crippen LogP contribution in [0.4, 0.5) is 5.95 Å². The summed E-state index contributed by atoms with van der Waals surface area (Å²) in [6, 6.07) is 0. The Kier molecular flexibility index (Phi) is 3.80. The van der Waals surface area contributed by atoms with Crippen molar-refractivity contribution in [1.29, 1.82) is 0 Å². The number of allylic oxidation sites excluding steroid dienone is 1. The van der Waals surface area contributed by atoms with E-state index in [2.05, 4.69) is 16.5 Å². The van der Waals surface area contributed by atoms with Crippen LogP contribution in [-0.2, 0) is 11.3 Å². The number of H-pyrrole nitrogens is 1. The highest BCUT2D eigenvalue weighted by atomic mass is 16.5. The first-order chi connectivity index (χ1) is 11.0. The molecule has 23 heavy (non-hydrogen) atoms. The molecule has 0 saturated carbocycles. The molecule has 2 aromatic rings. The van der Waals surface area contributed by atoms with E-state index in [0.29, 0.717) is 0 Å². The van der Waals surface area contributed by atoms with Gasteiger partial charge in [-0.05, 0) is 0 Å². The van der Waals surface area contributed by atoms with Gasteiger partial charge in [0.1, 0.15) is 6.10 Å². The van der Waals surface area contributed by atoms with Crippen LogP contribution in [0.5, 0.6) is 0 Å². The van der Waals surface area contributed by atoms with Gasteiger partial charge in [0, 0.05) is 13.0 Å². The number of aromatic nitrogens is 4. The van der Waals surface area contributed by atoms with Crippen LogP contribution >= 0.6 is 0 Å². The Labute approximate surface area is 129 Å². The van der Waals surface area contributed by atoms with Gasteiger partial charge in [-0.1, -0.05) is 6.08 Å². The molecule has 0 radical (unpaired) electrons. The Hall–Kier alpha value is -2.43. The Morgan fingerprint density at radius 2 is 2.26 bits per heavy atom. The highest BCUT2D eigenvalue weighted by molar-refractivity contribution is 5.71. The molecule has 3 atom stereocenters. The van der Waals surface area contributed by atoms with Gasteiger partial charge in [-0.2, -0.15) is 4.98 Å². The van der Waals surface area contributed by atoms with E-state index in [0.717, 1.165) is 4.57 Å². The van der Waals surface area contributed by atoms with E-state index in [1.54, 1.807) is 0 Å². The van der Waals surface area contributed by atoms with Crippen LogP contribution in [0.25, 0.3) is 11.2 Å². The molecule has 1 aliphatic heterocycles. The highest BCUT2D eigenvalue weighted by Crippen LogP contribution is 2.29. The number of nitrogen functional groups attached to an aromatic ring is 1. The minimum Gasteiger partial charge on any atom is -0.394 e. The quantitative estimate of drug-likeness (QED) is 0.490. The number of nitrogens with zero attached hydrogens (tertiary/aromatic N) is 3. The Balaban J connectivity index is 2.29. The van der Waals surface area contributed by atoms with Crippen LogP contribution in [0.1, 0.15) is 12.6 Å². The average molecular weight is 323 g/mol. The lowest BCUT2D eigenvalue weighted by Gasteiger charge is -2.15. The van der Waals surface area contributed by atoms with E-state index in [1.165, 1.54) is 10.6 Å². The van der Waals surface area contributed by atoms with Crippen molar-refractivity contribution in [3.63, 3.8) is 0 Å². The number of anilines is 1. The molecule has 10 nitrogen and oxygen atoms in total. The zero-order valence-corrected chi connectivity index (χ0v) is 12.2. The van der Waals surface area contributed by atoms with Gasteiger partial charge >= 0.3 is 5.69 Å². The molecule has 0 bridgehead atoms. The largest absolute Gasteiger partial charge is 0.394 e. The third kappa shape index (κ3) is 2.36. The average Bonchev–Trinajstić information content (AvgIpc) is 2.98. The summed E-state index contributed by atoms with van der Waals surface area (Å²) in [5.41, 5.74) is 4.44. The number of imidazole rings is 1. The topological polar surface area (TPSA) is 148 Å². The minimum atomic E-state index is -1.05. The maximum absolute atomic E-state index is 12.7. The number of nitrogens with two attached hydrogens (primary N) is 1. The normalized spacial score (nSPS) is 24.3. The maximum Gasteiger partial charge on any atom is 0.333 e. The predicted molar refractivity (Wildman–Crippen MR) is 80.8 cm³/mol. The minimum absolute atomic E-state index is 0.0146. The van der Waals surface area contributed by atoms with Crippen molar-refractivity contribution >= 4 is 17.1 Å². The molecule has 3 heterocycles. The molecule has 0 aliphatic carbocycles. The molecule has 1 fully saturated rings. The van der Waals surface area contributed by atoms with Crippen LogP contribution in [0.15, 0.2) is 22.2 Å². The second-order valence-corrected chi connectivity index (χ2v) is 5.31. The molecule has 3 rings (SSSR count). The molecule has 2 aromatic heterocycles. The maximum atomic E-state index is 12.7. The zero-order valence-electron chi connectivity index (χ0n) is 12.2. The van der Waals surface area contributed by atoms with Crippen LogP contribution < -0.4 is 17.0 Å². The lowest BCUT2D eigenvalue weighted by molar-refractivity contribution is -0.0505. The molecule has 0 amide bonds. The number of fused-ring (bicyclic) bond motifs is 1. The highest BCUT2D eigenvalue weighted by Gasteiger charge is 2.38. The van der Waals surface area contributed by atoms with Gasteiger partial charge in [0.2, 0.25) is 5.95 Å². The number of aromatic amines is 1. The molecule has 0 unspecified atom stereocenters. The fraction of sp³-hybridized carbons (Fsp3) is 0.462. The number of hydrogen-bond acceptors (Lipinski definition) is 7. The molecular weight excluding hydrogens is 306 g/mol. The zero-order chi connectivity index (χ0) is 16.7. The summed E-state index contributed by atoms with van der Waals surface area (Å²) in [4.78, 5) is 31.2. The molecule has 1 aliphatic rings. The van der Waals surface area contributed by atoms with E-state index in [4.69, 9.17) is 10.5 Å². The number of aliphatic hydroxyl groups excluding tert-OH is 2. The first-order valence-corrected chi connectivity index (χ1v) is 7.03. The SMILES string of the molecule is C=CCn1c(=O)n([C@@H]2O[C@H](CO)C[C@H]2O)c2nc(N)[nH]c(=O)c21. The summed E-state index contributed by atoms with van der Waals surface area (Å²) in [6.07, 6.45) is -1.04. The van der Waals surface area contributed by atoms with E-state index in [-0.39, 0.29) is 36.7 Å². The summed E-state index contributed by atoms with van der Waals surface area (Å²) >= 11 is 0. The van der Waals surface area contributed by atoms with Crippen molar-refractivity contribution in [3.8, 4) is 0 Å². The molecule has 0 spiro atoms. The van der Waals surface area contributed by atoms with Gasteiger partial charge in [-0.15, -0.1) is 6.58 Å². The van der Waals surface area contributed by atoms with Crippen molar-refractivity contribution in [1.82, 2.24) is 19.1 Å². The third-order valence-electron chi connectivity index (χ3n) is 3.77. The molecule has 124 valence electrons. The van der Waals surface area contributed by atoms with Crippen LogP contribution in [-0.4, -0.2) is 48.1 Å². The van der Waals surface area contributed by atoms with Gasteiger partial charge in [0.15, 0.2) is 17.4 Å². The van der Waals surface area contributed by atoms with E-state index >= 15 is 0 Å². The first-order valence-electron chi connectivity index (χ1n) is 7.03. The summed E-state index contributed by atoms with van der Waals surface area (Å²) in [6.45, 7) is 3.36. The second-order valence-electron chi connectivity index (χ2n) is 5.31. The van der Waals surface area contributed by atoms with Gasteiger partial charge in [-0.3, -0.25) is 14.3 Å². The smallest absolute Gasteiger partial charge is 0.333 e. The van der Waals surface area contributed by atoms with Crippen molar-refractivity contribution < 1.29 is 14.9 Å². The lowest BCUT2D eigenvalue weighted by atomic mass is 10.2. The summed E-state index contributed by atoms with van der Waals surface area (Å²) in [5.74, 6) is -0.154. The molecule has 1 saturated heterocycles. The van der Waals surface area contributed by atoms with Crippen molar-refractivity contribution in [2.75, 3.05) is 12.3 Å². The van der Waals surface area contributed by atoms with Crippen LogP contribution in [0.3, 0.4) is 0 Å². The Morgan fingerprint density at radius 1 is 1.52 bits per heavy atom. The predicted octanol–water partition coefficient (Wildman–Crippen LogP) is -1.70. The standard InChI is InChI=1S/C13H17N5O5/c1-2-3-17-8-9(15-12(14)16-10(8)21)18(13(17)22)11-7(20)4-6(5-19)23-11/h2,6-7,11,19-20H,1,3-5H2,(H3,14,15,16,21)/t6-,7+,11+/m0/s1. The summed E-state index contributed by atoms with van der Waals surface area (Å²) in [7, 11) is 0. The number of hydrogen-bond donors (Lipinski definition) is 4. The molecule has 10 heteroatoms. The summed E-state index contributed by atoms with van der Waals surface area (Å²) < 4.78 is 7.76. The second kappa shape index (κ2) is 5.65. The monoisotopic (exact) mass is 323 g/mol. The van der Waals surface area contributed by atoms with Crippen LogP contribution in [0, 0.1) is 0 Å². The van der Waals surface area contributed by atoms with E-state index < -0.39 is 29.7 Å². The van der Waals surface area contributed by atoms with Gasteiger partial charge in [0.05, 0.1) is 12.7 Å². The number of rotatable bonds is 4.